The van der Waals surface area contributed by atoms with Crippen molar-refractivity contribution in [1.29, 1.82) is 0 Å². The van der Waals surface area contributed by atoms with E-state index in [1.807, 2.05) is 19.9 Å². The van der Waals surface area contributed by atoms with Gasteiger partial charge in [0, 0.05) is 6.54 Å². The van der Waals surface area contributed by atoms with Crippen molar-refractivity contribution < 1.29 is 9.90 Å². The van der Waals surface area contributed by atoms with Crippen LogP contribution in [0.2, 0.25) is 10.0 Å². The predicted octanol–water partition coefficient (Wildman–Crippen LogP) is 3.53. The van der Waals surface area contributed by atoms with Crippen molar-refractivity contribution in [2.75, 3.05) is 6.54 Å². The highest BCUT2D eigenvalue weighted by Crippen LogP contribution is 2.22. The minimum absolute atomic E-state index is 0.108. The number of carbonyl (C=O) groups excluding carboxylic acids is 1. The molecule has 0 spiro atoms. The highest BCUT2D eigenvalue weighted by Gasteiger charge is 2.16. The average molecular weight is 427 g/mol. The lowest BCUT2D eigenvalue weighted by atomic mass is 10.1. The van der Waals surface area contributed by atoms with Gasteiger partial charge in [-0.2, -0.15) is 0 Å². The molecule has 0 saturated heterocycles. The molecule has 6 nitrogen and oxygen atoms in total. The van der Waals surface area contributed by atoms with Crippen LogP contribution in [0.25, 0.3) is 0 Å². The Hall–Kier alpha value is -2.02. The maximum absolute atomic E-state index is 12.8. The molecule has 0 aliphatic carbocycles. The van der Waals surface area contributed by atoms with Gasteiger partial charge in [0.2, 0.25) is 0 Å². The lowest BCUT2D eigenvalue weighted by molar-refractivity contribution is -0.114. The summed E-state index contributed by atoms with van der Waals surface area (Å²) in [7, 11) is 0. The van der Waals surface area contributed by atoms with Crippen molar-refractivity contribution in [2.45, 2.75) is 46.8 Å². The molecule has 0 radical (unpaired) electrons. The molecule has 5 N–H and O–H groups in total. The van der Waals surface area contributed by atoms with Gasteiger partial charge in [0.15, 0.2) is 0 Å². The zero-order valence-corrected chi connectivity index (χ0v) is 18.2. The van der Waals surface area contributed by atoms with Gasteiger partial charge in [-0.3, -0.25) is 9.79 Å². The van der Waals surface area contributed by atoms with E-state index >= 15 is 0 Å². The van der Waals surface area contributed by atoms with E-state index in [2.05, 4.69) is 15.6 Å². The molecule has 1 atom stereocenters. The molecule has 1 aromatic carbocycles. The Morgan fingerprint density at radius 3 is 2.54 bits per heavy atom. The first kappa shape index (κ1) is 24.0. The van der Waals surface area contributed by atoms with Gasteiger partial charge in [-0.15, -0.1) is 0 Å². The fourth-order valence-electron chi connectivity index (χ4n) is 2.17. The van der Waals surface area contributed by atoms with Crippen LogP contribution in [0.4, 0.5) is 0 Å². The number of aliphatic imine (C=N–C) groups is 1. The lowest BCUT2D eigenvalue weighted by Crippen LogP contribution is -2.37. The first-order valence-electron chi connectivity index (χ1n) is 8.99. The molecule has 0 heterocycles. The maximum atomic E-state index is 12.8. The number of halogens is 2. The number of allylic oxidation sites excluding steroid dienone is 1. The van der Waals surface area contributed by atoms with Crippen LogP contribution >= 0.6 is 23.2 Å². The van der Waals surface area contributed by atoms with Gasteiger partial charge in [-0.05, 0) is 62.2 Å². The third kappa shape index (κ3) is 7.54. The normalized spacial score (nSPS) is 14.4. The molecule has 0 aliphatic heterocycles. The highest BCUT2D eigenvalue weighted by atomic mass is 35.5. The second-order valence-corrected chi connectivity index (χ2v) is 7.27. The van der Waals surface area contributed by atoms with E-state index in [1.54, 1.807) is 26.0 Å². The third-order valence-corrected chi connectivity index (χ3v) is 4.74. The average Bonchev–Trinajstić information content (AvgIpc) is 2.66. The first-order chi connectivity index (χ1) is 13.2. The van der Waals surface area contributed by atoms with Gasteiger partial charge in [-0.25, -0.2) is 0 Å². The van der Waals surface area contributed by atoms with Crippen molar-refractivity contribution in [3.05, 3.63) is 57.0 Å². The number of nitrogens with two attached hydrogens (primary N) is 1. The second-order valence-electron chi connectivity index (χ2n) is 6.45. The van der Waals surface area contributed by atoms with Gasteiger partial charge < -0.3 is 21.5 Å². The number of carbonyl (C=O) groups is 1. The van der Waals surface area contributed by atoms with Gasteiger partial charge in [0.25, 0.3) is 5.91 Å². The zero-order chi connectivity index (χ0) is 21.3. The molecule has 1 aromatic rings. The summed E-state index contributed by atoms with van der Waals surface area (Å²) in [4.78, 5) is 17.0. The molecular weight excluding hydrogens is 399 g/mol. The first-order valence-corrected chi connectivity index (χ1v) is 9.75. The van der Waals surface area contributed by atoms with Crippen molar-refractivity contribution >= 4 is 34.8 Å². The minimum atomic E-state index is -0.659. The molecule has 0 fully saturated rings. The summed E-state index contributed by atoms with van der Waals surface area (Å²) < 4.78 is 0. The van der Waals surface area contributed by atoms with Crippen LogP contribution in [0, 0.1) is 0 Å². The Morgan fingerprint density at radius 2 is 2.00 bits per heavy atom. The molecule has 0 aliphatic rings. The zero-order valence-electron chi connectivity index (χ0n) is 16.6. The smallest absolute Gasteiger partial charge is 0.275 e. The van der Waals surface area contributed by atoms with Crippen molar-refractivity contribution in [3.63, 3.8) is 0 Å². The topological polar surface area (TPSA) is 99.7 Å². The monoisotopic (exact) mass is 426 g/mol. The van der Waals surface area contributed by atoms with E-state index in [4.69, 9.17) is 28.9 Å². The van der Waals surface area contributed by atoms with Crippen molar-refractivity contribution in [2.24, 2.45) is 10.7 Å². The molecule has 8 heteroatoms. The number of hydrogen-bond acceptors (Lipinski definition) is 5. The molecular formula is C20H28Cl2N4O2. The number of nitrogens with zero attached hydrogens (tertiary/aromatic N) is 1. The molecule has 1 amide bonds. The Morgan fingerprint density at radius 1 is 1.32 bits per heavy atom. The number of rotatable bonds is 9. The molecule has 28 heavy (non-hydrogen) atoms. The highest BCUT2D eigenvalue weighted by molar-refractivity contribution is 6.45. The SMILES string of the molecule is CC/C(C)=C(/NCc1ccc(Cl)c(Cl)c1)NC(=O)C(=NCC(C)O)C(C)=CN. The molecule has 0 saturated carbocycles. The van der Waals surface area contributed by atoms with E-state index in [9.17, 15) is 9.90 Å². The van der Waals surface area contributed by atoms with E-state index in [0.717, 1.165) is 17.6 Å². The van der Waals surface area contributed by atoms with E-state index < -0.39 is 12.0 Å². The van der Waals surface area contributed by atoms with Gasteiger partial charge >= 0.3 is 0 Å². The summed E-state index contributed by atoms with van der Waals surface area (Å²) in [6, 6.07) is 5.36. The second kappa shape index (κ2) is 11.7. The number of amides is 1. The van der Waals surface area contributed by atoms with Crippen molar-refractivity contribution in [3.8, 4) is 0 Å². The standard InChI is InChI=1S/C20H28Cl2N4O2/c1-5-12(2)19(25-11-15-6-7-16(21)17(22)8-15)26-20(28)18(13(3)9-23)24-10-14(4)27/h6-9,14,25,27H,5,10-11,23H2,1-4H3,(H,26,28)/b13-9?,19-12-,24-18?. The van der Waals surface area contributed by atoms with Crippen LogP contribution in [0.15, 0.2) is 46.4 Å². The Kier molecular flexibility index (Phi) is 10.1. The molecule has 1 unspecified atom stereocenters. The Bertz CT molecular complexity index is 786. The summed E-state index contributed by atoms with van der Waals surface area (Å²) in [6.07, 6.45) is 1.41. The summed E-state index contributed by atoms with van der Waals surface area (Å²) in [6.45, 7) is 7.78. The van der Waals surface area contributed by atoms with Crippen LogP contribution in [-0.2, 0) is 11.3 Å². The molecule has 0 aromatic heterocycles. The van der Waals surface area contributed by atoms with Crippen LogP contribution in [0.3, 0.4) is 0 Å². The molecule has 154 valence electrons. The van der Waals surface area contributed by atoms with Gasteiger partial charge in [-0.1, -0.05) is 36.2 Å². The Balaban J connectivity index is 2.99. The molecule has 1 rings (SSSR count). The summed E-state index contributed by atoms with van der Waals surface area (Å²) in [5, 5.41) is 16.5. The summed E-state index contributed by atoms with van der Waals surface area (Å²) in [5.74, 6) is 0.192. The predicted molar refractivity (Wildman–Crippen MR) is 116 cm³/mol. The summed E-state index contributed by atoms with van der Waals surface area (Å²) >= 11 is 12.0. The quantitative estimate of drug-likeness (QED) is 0.453. The number of hydrogen-bond donors (Lipinski definition) is 4. The fourth-order valence-corrected chi connectivity index (χ4v) is 2.49. The van der Waals surface area contributed by atoms with Gasteiger partial charge in [0.1, 0.15) is 11.5 Å². The van der Waals surface area contributed by atoms with Crippen LogP contribution in [0.5, 0.6) is 0 Å². The van der Waals surface area contributed by atoms with Crippen molar-refractivity contribution in [1.82, 2.24) is 10.6 Å². The van der Waals surface area contributed by atoms with E-state index in [-0.39, 0.29) is 12.3 Å². The lowest BCUT2D eigenvalue weighted by Gasteiger charge is -2.17. The van der Waals surface area contributed by atoms with Crippen LogP contribution < -0.4 is 16.4 Å². The summed E-state index contributed by atoms with van der Waals surface area (Å²) in [5.41, 5.74) is 8.16. The van der Waals surface area contributed by atoms with Crippen LogP contribution in [-0.4, -0.2) is 29.4 Å². The van der Waals surface area contributed by atoms with E-state index in [0.29, 0.717) is 28.0 Å². The fraction of sp³-hybridized carbons (Fsp3) is 0.400. The number of aliphatic hydroxyl groups excluding tert-OH is 1. The minimum Gasteiger partial charge on any atom is -0.404 e. The van der Waals surface area contributed by atoms with E-state index in [1.165, 1.54) is 6.20 Å². The number of nitrogens with one attached hydrogen (secondary N) is 2. The number of benzene rings is 1. The molecule has 0 bridgehead atoms. The Labute approximate surface area is 176 Å². The van der Waals surface area contributed by atoms with Crippen LogP contribution in [0.1, 0.15) is 39.7 Å². The third-order valence-electron chi connectivity index (χ3n) is 4.00. The van der Waals surface area contributed by atoms with Gasteiger partial charge in [0.05, 0.1) is 22.7 Å². The largest absolute Gasteiger partial charge is 0.404 e. The number of aliphatic hydroxyl groups is 1. The maximum Gasteiger partial charge on any atom is 0.275 e.